The fourth-order valence-electron chi connectivity index (χ4n) is 0.901. The molecule has 0 spiro atoms. The maximum atomic E-state index is 5.03. The summed E-state index contributed by atoms with van der Waals surface area (Å²) in [4.78, 5) is 8.26. The van der Waals surface area contributed by atoms with E-state index in [2.05, 4.69) is 25.9 Å². The zero-order valence-corrected chi connectivity index (χ0v) is 8.65. The molecular formula is C7H5BrN2OS. The van der Waals surface area contributed by atoms with E-state index in [-0.39, 0.29) is 0 Å². The zero-order chi connectivity index (χ0) is 8.55. The monoisotopic (exact) mass is 244 g/mol. The van der Waals surface area contributed by atoms with Gasteiger partial charge in [0, 0.05) is 0 Å². The third-order valence-corrected chi connectivity index (χ3v) is 2.77. The Morgan fingerprint density at radius 1 is 1.58 bits per heavy atom. The van der Waals surface area contributed by atoms with Gasteiger partial charge in [-0.05, 0) is 22.0 Å². The molecule has 0 atom stereocenters. The lowest BCUT2D eigenvalue weighted by Gasteiger charge is -1.99. The Balaban J connectivity index is 2.73. The molecule has 0 aliphatic heterocycles. The van der Waals surface area contributed by atoms with Crippen LogP contribution in [-0.2, 0) is 0 Å². The number of pyridine rings is 1. The van der Waals surface area contributed by atoms with Crippen LogP contribution in [0.5, 0.6) is 5.88 Å². The van der Waals surface area contributed by atoms with Gasteiger partial charge in [0.2, 0.25) is 5.88 Å². The van der Waals surface area contributed by atoms with E-state index in [0.29, 0.717) is 5.88 Å². The van der Waals surface area contributed by atoms with Crippen molar-refractivity contribution in [2.45, 2.75) is 0 Å². The van der Waals surface area contributed by atoms with E-state index in [0.717, 1.165) is 14.8 Å². The molecular weight excluding hydrogens is 240 g/mol. The number of methoxy groups -OCH3 is 1. The quantitative estimate of drug-likeness (QED) is 0.774. The van der Waals surface area contributed by atoms with Gasteiger partial charge in [-0.2, -0.15) is 4.98 Å². The molecule has 2 rings (SSSR count). The summed E-state index contributed by atoms with van der Waals surface area (Å²) in [5, 5.41) is 0. The number of hydrogen-bond donors (Lipinski definition) is 0. The predicted octanol–water partition coefficient (Wildman–Crippen LogP) is 2.46. The minimum atomic E-state index is 0.577. The Labute approximate surface area is 81.5 Å². The Bertz CT molecular complexity index is 415. The van der Waals surface area contributed by atoms with Crippen LogP contribution < -0.4 is 4.74 Å². The van der Waals surface area contributed by atoms with Crippen LogP contribution >= 0.6 is 27.3 Å². The van der Waals surface area contributed by atoms with Gasteiger partial charge in [0.1, 0.15) is 0 Å². The number of aromatic nitrogens is 2. The highest BCUT2D eigenvalue weighted by Crippen LogP contribution is 2.27. The van der Waals surface area contributed by atoms with Crippen molar-refractivity contribution in [1.29, 1.82) is 0 Å². The maximum Gasteiger partial charge on any atom is 0.229 e. The number of thiazole rings is 1. The number of ether oxygens (including phenoxy) is 1. The average molecular weight is 245 g/mol. The molecule has 0 N–H and O–H groups in total. The van der Waals surface area contributed by atoms with Gasteiger partial charge in [-0.3, -0.25) is 0 Å². The van der Waals surface area contributed by atoms with Crippen molar-refractivity contribution in [3.63, 3.8) is 0 Å². The van der Waals surface area contributed by atoms with Gasteiger partial charge in [0.15, 0.2) is 5.65 Å². The van der Waals surface area contributed by atoms with Crippen LogP contribution in [-0.4, -0.2) is 17.1 Å². The van der Waals surface area contributed by atoms with Crippen LogP contribution in [0.4, 0.5) is 0 Å². The molecule has 3 nitrogen and oxygen atoms in total. The lowest BCUT2D eigenvalue weighted by atomic mass is 10.5. The minimum absolute atomic E-state index is 0.577. The van der Waals surface area contributed by atoms with E-state index in [1.165, 1.54) is 0 Å². The summed E-state index contributed by atoms with van der Waals surface area (Å²) in [5.41, 5.74) is 2.50. The molecule has 5 heteroatoms. The second-order valence-corrected chi connectivity index (χ2v) is 3.89. The lowest BCUT2D eigenvalue weighted by Crippen LogP contribution is -1.88. The van der Waals surface area contributed by atoms with E-state index in [4.69, 9.17) is 4.74 Å². The second-order valence-electron chi connectivity index (χ2n) is 2.15. The molecule has 0 bridgehead atoms. The summed E-state index contributed by atoms with van der Waals surface area (Å²) < 4.78 is 6.95. The zero-order valence-electron chi connectivity index (χ0n) is 6.24. The predicted molar refractivity (Wildman–Crippen MR) is 51.7 cm³/mol. The Morgan fingerprint density at radius 2 is 2.42 bits per heavy atom. The summed E-state index contributed by atoms with van der Waals surface area (Å²) in [6.45, 7) is 0. The molecule has 0 radical (unpaired) electrons. The van der Waals surface area contributed by atoms with Gasteiger partial charge in [-0.15, -0.1) is 11.3 Å². The van der Waals surface area contributed by atoms with Crippen LogP contribution in [0, 0.1) is 0 Å². The maximum absolute atomic E-state index is 5.03. The summed E-state index contributed by atoms with van der Waals surface area (Å²) >= 11 is 4.92. The van der Waals surface area contributed by atoms with Crippen molar-refractivity contribution in [2.24, 2.45) is 0 Å². The molecule has 62 valence electrons. The van der Waals surface area contributed by atoms with Crippen molar-refractivity contribution in [3.05, 3.63) is 16.0 Å². The van der Waals surface area contributed by atoms with Crippen LogP contribution in [0.1, 0.15) is 0 Å². The Hall–Kier alpha value is -0.680. The van der Waals surface area contributed by atoms with Gasteiger partial charge >= 0.3 is 0 Å². The highest BCUT2D eigenvalue weighted by molar-refractivity contribution is 9.10. The SMILES string of the molecule is COc1nc2ncsc2cc1Br. The Kier molecular flexibility index (Phi) is 1.98. The molecule has 12 heavy (non-hydrogen) atoms. The van der Waals surface area contributed by atoms with Crippen molar-refractivity contribution < 1.29 is 4.74 Å². The minimum Gasteiger partial charge on any atom is -0.480 e. The van der Waals surface area contributed by atoms with E-state index in [1.807, 2.05) is 6.07 Å². The summed E-state index contributed by atoms with van der Waals surface area (Å²) in [5.74, 6) is 0.577. The fourth-order valence-corrected chi connectivity index (χ4v) is 2.19. The third kappa shape index (κ3) is 1.19. The Morgan fingerprint density at radius 3 is 3.17 bits per heavy atom. The largest absolute Gasteiger partial charge is 0.480 e. The van der Waals surface area contributed by atoms with Gasteiger partial charge in [-0.1, -0.05) is 0 Å². The van der Waals surface area contributed by atoms with E-state index >= 15 is 0 Å². The molecule has 0 aromatic carbocycles. The number of fused-ring (bicyclic) bond motifs is 1. The van der Waals surface area contributed by atoms with Gasteiger partial charge in [0.25, 0.3) is 0 Å². The van der Waals surface area contributed by atoms with E-state index in [9.17, 15) is 0 Å². The van der Waals surface area contributed by atoms with Crippen molar-refractivity contribution in [2.75, 3.05) is 7.11 Å². The summed E-state index contributed by atoms with van der Waals surface area (Å²) in [6, 6.07) is 1.96. The highest BCUT2D eigenvalue weighted by Gasteiger charge is 2.05. The fraction of sp³-hybridized carbons (Fsp3) is 0.143. The van der Waals surface area contributed by atoms with E-state index in [1.54, 1.807) is 24.0 Å². The molecule has 2 heterocycles. The topological polar surface area (TPSA) is 35.0 Å². The summed E-state index contributed by atoms with van der Waals surface area (Å²) in [7, 11) is 1.59. The average Bonchev–Trinajstić information content (AvgIpc) is 2.49. The molecule has 0 fully saturated rings. The second kappa shape index (κ2) is 2.99. The molecule has 0 saturated heterocycles. The molecule has 0 saturated carbocycles. The van der Waals surface area contributed by atoms with Crippen molar-refractivity contribution in [3.8, 4) is 5.88 Å². The lowest BCUT2D eigenvalue weighted by molar-refractivity contribution is 0.396. The first-order chi connectivity index (χ1) is 5.81. The van der Waals surface area contributed by atoms with Crippen molar-refractivity contribution >= 4 is 37.6 Å². The normalized spacial score (nSPS) is 10.5. The standard InChI is InChI=1S/C7H5BrN2OS/c1-11-7-4(8)2-5-6(10-7)9-3-12-5/h2-3H,1H3. The van der Waals surface area contributed by atoms with Crippen molar-refractivity contribution in [1.82, 2.24) is 9.97 Å². The highest BCUT2D eigenvalue weighted by atomic mass is 79.9. The van der Waals surface area contributed by atoms with E-state index < -0.39 is 0 Å². The molecule has 0 amide bonds. The smallest absolute Gasteiger partial charge is 0.229 e. The number of halogens is 1. The van der Waals surface area contributed by atoms with Gasteiger partial charge in [0.05, 0.1) is 21.8 Å². The van der Waals surface area contributed by atoms with Gasteiger partial charge in [-0.25, -0.2) is 4.98 Å². The molecule has 0 aliphatic rings. The summed E-state index contributed by atoms with van der Waals surface area (Å²) in [6.07, 6.45) is 0. The molecule has 0 aliphatic carbocycles. The first kappa shape index (κ1) is 7.94. The molecule has 2 aromatic heterocycles. The first-order valence-electron chi connectivity index (χ1n) is 3.25. The first-order valence-corrected chi connectivity index (χ1v) is 4.92. The van der Waals surface area contributed by atoms with Crippen LogP contribution in [0.25, 0.3) is 10.3 Å². The number of rotatable bonds is 1. The van der Waals surface area contributed by atoms with Gasteiger partial charge < -0.3 is 4.74 Å². The number of hydrogen-bond acceptors (Lipinski definition) is 4. The molecule has 2 aromatic rings. The third-order valence-electron chi connectivity index (χ3n) is 1.44. The molecule has 0 unspecified atom stereocenters. The van der Waals surface area contributed by atoms with Crippen LogP contribution in [0.3, 0.4) is 0 Å². The van der Waals surface area contributed by atoms with Crippen LogP contribution in [0.2, 0.25) is 0 Å². The van der Waals surface area contributed by atoms with Crippen LogP contribution in [0.15, 0.2) is 16.0 Å². The number of nitrogens with zero attached hydrogens (tertiary/aromatic N) is 2.